The Hall–Kier alpha value is -0.810. The molecule has 1 aliphatic heterocycles. The van der Waals surface area contributed by atoms with Gasteiger partial charge >= 0.3 is 6.18 Å². The van der Waals surface area contributed by atoms with Crippen molar-refractivity contribution in [2.75, 3.05) is 6.54 Å². The molecule has 6 heteroatoms. The fourth-order valence-corrected chi connectivity index (χ4v) is 2.25. The summed E-state index contributed by atoms with van der Waals surface area (Å²) < 4.78 is 52.1. The number of halogens is 5. The average molecular weight is 268 g/mol. The normalized spacial score (nSPS) is 20.9. The van der Waals surface area contributed by atoms with Crippen LogP contribution in [0.5, 0.6) is 0 Å². The first-order valence-electron chi connectivity index (χ1n) is 5.19. The lowest BCUT2D eigenvalue weighted by atomic mass is 9.98. The van der Waals surface area contributed by atoms with Crippen LogP contribution in [0.4, 0.5) is 17.6 Å². The summed E-state index contributed by atoms with van der Waals surface area (Å²) in [6.45, 7) is 0.591. The van der Waals surface area contributed by atoms with Gasteiger partial charge in [-0.15, -0.1) is 0 Å². The first-order chi connectivity index (χ1) is 7.91. The highest BCUT2D eigenvalue weighted by Gasteiger charge is 2.38. The quantitative estimate of drug-likeness (QED) is 0.761. The molecule has 2 rings (SSSR count). The van der Waals surface area contributed by atoms with Crippen LogP contribution in [0.15, 0.2) is 12.1 Å². The Morgan fingerprint density at radius 1 is 1.29 bits per heavy atom. The number of benzene rings is 1. The summed E-state index contributed by atoms with van der Waals surface area (Å²) in [5.41, 5.74) is -1.30. The molecule has 1 aliphatic rings. The van der Waals surface area contributed by atoms with E-state index in [9.17, 15) is 17.6 Å². The van der Waals surface area contributed by atoms with E-state index in [4.69, 9.17) is 11.6 Å². The molecular weight excluding hydrogens is 258 g/mol. The van der Waals surface area contributed by atoms with Crippen molar-refractivity contribution in [1.29, 1.82) is 0 Å². The molecule has 1 N–H and O–H groups in total. The van der Waals surface area contributed by atoms with Crippen molar-refractivity contribution < 1.29 is 17.6 Å². The fraction of sp³-hybridized carbons (Fsp3) is 0.455. The van der Waals surface area contributed by atoms with Crippen LogP contribution >= 0.6 is 11.6 Å². The monoisotopic (exact) mass is 267 g/mol. The molecule has 1 aromatic rings. The van der Waals surface area contributed by atoms with E-state index in [0.717, 1.165) is 18.6 Å². The minimum Gasteiger partial charge on any atom is -0.310 e. The maximum Gasteiger partial charge on any atom is 0.416 e. The third-order valence-electron chi connectivity index (χ3n) is 2.85. The minimum absolute atomic E-state index is 0.276. The molecule has 1 aromatic carbocycles. The van der Waals surface area contributed by atoms with Gasteiger partial charge in [0.25, 0.3) is 0 Å². The molecule has 0 spiro atoms. The van der Waals surface area contributed by atoms with E-state index < -0.39 is 23.6 Å². The molecular formula is C11H10ClF4N. The molecule has 1 fully saturated rings. The maximum absolute atomic E-state index is 13.8. The van der Waals surface area contributed by atoms with Crippen molar-refractivity contribution in [2.24, 2.45) is 0 Å². The Morgan fingerprint density at radius 2 is 2.00 bits per heavy atom. The van der Waals surface area contributed by atoms with Crippen molar-refractivity contribution in [2.45, 2.75) is 25.1 Å². The van der Waals surface area contributed by atoms with Gasteiger partial charge in [0.1, 0.15) is 5.82 Å². The van der Waals surface area contributed by atoms with Gasteiger partial charge in [-0.3, -0.25) is 0 Å². The Bertz CT molecular complexity index is 424. The van der Waals surface area contributed by atoms with Gasteiger partial charge in [0, 0.05) is 11.6 Å². The molecule has 0 bridgehead atoms. The summed E-state index contributed by atoms with van der Waals surface area (Å²) in [6.07, 6.45) is -3.35. The van der Waals surface area contributed by atoms with E-state index in [2.05, 4.69) is 5.32 Å². The summed E-state index contributed by atoms with van der Waals surface area (Å²) in [5.74, 6) is -0.971. The fourth-order valence-electron chi connectivity index (χ4n) is 2.09. The predicted molar refractivity (Wildman–Crippen MR) is 56.4 cm³/mol. The minimum atomic E-state index is -4.56. The van der Waals surface area contributed by atoms with Crippen LogP contribution in [0.3, 0.4) is 0 Å². The number of hydrogen-bond donors (Lipinski definition) is 1. The topological polar surface area (TPSA) is 12.0 Å². The van der Waals surface area contributed by atoms with Crippen molar-refractivity contribution in [3.8, 4) is 0 Å². The molecule has 0 saturated carbocycles. The van der Waals surface area contributed by atoms with E-state index in [1.165, 1.54) is 0 Å². The predicted octanol–water partition coefficient (Wildman–Crippen LogP) is 3.92. The summed E-state index contributed by atoms with van der Waals surface area (Å²) in [7, 11) is 0. The third-order valence-corrected chi connectivity index (χ3v) is 3.14. The summed E-state index contributed by atoms with van der Waals surface area (Å²) in [6, 6.07) is 1.17. The van der Waals surface area contributed by atoms with Gasteiger partial charge in [-0.05, 0) is 31.5 Å². The average Bonchev–Trinajstić information content (AvgIpc) is 2.73. The van der Waals surface area contributed by atoms with Crippen molar-refractivity contribution in [3.63, 3.8) is 0 Å². The SMILES string of the molecule is Fc1c(Cl)ccc(C(F)(F)F)c1[C@H]1CCCN1. The molecule has 17 heavy (non-hydrogen) atoms. The molecule has 1 atom stereocenters. The number of hydrogen-bond acceptors (Lipinski definition) is 1. The van der Waals surface area contributed by atoms with Crippen LogP contribution in [0.1, 0.15) is 30.0 Å². The van der Waals surface area contributed by atoms with Gasteiger partial charge in [0.15, 0.2) is 0 Å². The highest BCUT2D eigenvalue weighted by molar-refractivity contribution is 6.30. The number of alkyl halides is 3. The van der Waals surface area contributed by atoms with Crippen LogP contribution in [0.25, 0.3) is 0 Å². The van der Waals surface area contributed by atoms with Gasteiger partial charge in [-0.1, -0.05) is 11.6 Å². The highest BCUT2D eigenvalue weighted by atomic mass is 35.5. The largest absolute Gasteiger partial charge is 0.416 e. The molecule has 0 aromatic heterocycles. The summed E-state index contributed by atoms with van der Waals surface area (Å²) >= 11 is 5.54. The molecule has 0 radical (unpaired) electrons. The smallest absolute Gasteiger partial charge is 0.310 e. The van der Waals surface area contributed by atoms with Crippen LogP contribution in [-0.4, -0.2) is 6.54 Å². The van der Waals surface area contributed by atoms with Gasteiger partial charge in [0.2, 0.25) is 0 Å². The van der Waals surface area contributed by atoms with Gasteiger partial charge < -0.3 is 5.32 Å². The standard InChI is InChI=1S/C11H10ClF4N/c12-7-4-3-6(11(14,15)16)9(10(7)13)8-2-1-5-17-8/h3-4,8,17H,1-2,5H2/t8-/m1/s1. The second-order valence-electron chi connectivity index (χ2n) is 3.97. The summed E-state index contributed by atoms with van der Waals surface area (Å²) in [5, 5.41) is 2.58. The van der Waals surface area contributed by atoms with Crippen LogP contribution < -0.4 is 5.32 Å². The zero-order chi connectivity index (χ0) is 12.6. The zero-order valence-electron chi connectivity index (χ0n) is 8.74. The van der Waals surface area contributed by atoms with Gasteiger partial charge in [-0.25, -0.2) is 4.39 Å². The maximum atomic E-state index is 13.8. The lowest BCUT2D eigenvalue weighted by Gasteiger charge is -2.19. The van der Waals surface area contributed by atoms with Crippen molar-refractivity contribution in [1.82, 2.24) is 5.32 Å². The second kappa shape index (κ2) is 4.46. The van der Waals surface area contributed by atoms with Crippen molar-refractivity contribution in [3.05, 3.63) is 34.1 Å². The molecule has 1 saturated heterocycles. The Kier molecular flexibility index (Phi) is 3.32. The van der Waals surface area contributed by atoms with E-state index >= 15 is 0 Å². The lowest BCUT2D eigenvalue weighted by molar-refractivity contribution is -0.138. The van der Waals surface area contributed by atoms with Crippen molar-refractivity contribution >= 4 is 11.6 Å². The second-order valence-corrected chi connectivity index (χ2v) is 4.38. The van der Waals surface area contributed by atoms with E-state index in [1.807, 2.05) is 0 Å². The van der Waals surface area contributed by atoms with Gasteiger partial charge in [-0.2, -0.15) is 13.2 Å². The summed E-state index contributed by atoms with van der Waals surface area (Å²) in [4.78, 5) is 0. The highest BCUT2D eigenvalue weighted by Crippen LogP contribution is 2.40. The first kappa shape index (κ1) is 12.6. The molecule has 94 valence electrons. The van der Waals surface area contributed by atoms with E-state index in [-0.39, 0.29) is 10.6 Å². The Labute approximate surface area is 101 Å². The van der Waals surface area contributed by atoms with Gasteiger partial charge in [0.05, 0.1) is 10.6 Å². The number of nitrogens with one attached hydrogen (secondary N) is 1. The van der Waals surface area contributed by atoms with Crippen LogP contribution in [0.2, 0.25) is 5.02 Å². The molecule has 1 heterocycles. The molecule has 1 nitrogen and oxygen atoms in total. The van der Waals surface area contributed by atoms with E-state index in [1.54, 1.807) is 0 Å². The molecule has 0 unspecified atom stereocenters. The van der Waals surface area contributed by atoms with Crippen LogP contribution in [0, 0.1) is 5.82 Å². The first-order valence-corrected chi connectivity index (χ1v) is 5.57. The lowest BCUT2D eigenvalue weighted by Crippen LogP contribution is -2.20. The molecule has 0 amide bonds. The zero-order valence-corrected chi connectivity index (χ0v) is 9.50. The van der Waals surface area contributed by atoms with Crippen LogP contribution in [-0.2, 0) is 6.18 Å². The van der Waals surface area contributed by atoms with E-state index in [0.29, 0.717) is 13.0 Å². The Morgan fingerprint density at radius 3 is 2.53 bits per heavy atom. The number of rotatable bonds is 1. The molecule has 0 aliphatic carbocycles. The third kappa shape index (κ3) is 2.40. The Balaban J connectivity index is 2.55.